The molecule has 0 saturated carbocycles. The molecule has 0 aromatic heterocycles. The second-order valence-electron chi connectivity index (χ2n) is 4.94. The van der Waals surface area contributed by atoms with Gasteiger partial charge in [-0.3, -0.25) is 0 Å². The molecule has 0 spiro atoms. The monoisotopic (exact) mass is 253 g/mol. The van der Waals surface area contributed by atoms with E-state index in [1.807, 2.05) is 31.2 Å². The van der Waals surface area contributed by atoms with Gasteiger partial charge >= 0.3 is 0 Å². The van der Waals surface area contributed by atoms with Gasteiger partial charge in [0.1, 0.15) is 5.82 Å². The molecule has 0 radical (unpaired) electrons. The summed E-state index contributed by atoms with van der Waals surface area (Å²) in [5, 5.41) is 3.41. The van der Waals surface area contributed by atoms with Gasteiger partial charge in [-0.25, -0.2) is 4.39 Å². The van der Waals surface area contributed by atoms with Crippen LogP contribution in [-0.2, 0) is 0 Å². The number of nitrogens with one attached hydrogen (secondary N) is 1. The van der Waals surface area contributed by atoms with E-state index in [1.165, 1.54) is 5.56 Å². The van der Waals surface area contributed by atoms with E-state index < -0.39 is 0 Å². The predicted octanol–water partition coefficient (Wildman–Crippen LogP) is 3.86. The fourth-order valence-electron chi connectivity index (χ4n) is 2.48. The van der Waals surface area contributed by atoms with Crippen LogP contribution in [0.4, 0.5) is 4.39 Å². The smallest absolute Gasteiger partial charge is 0.130 e. The van der Waals surface area contributed by atoms with E-state index in [1.54, 1.807) is 12.1 Å². The van der Waals surface area contributed by atoms with Gasteiger partial charge in [0.15, 0.2) is 0 Å². The maximum atomic E-state index is 13.9. The lowest BCUT2D eigenvalue weighted by molar-refractivity contribution is 0.622. The molecule has 0 unspecified atom stereocenters. The van der Waals surface area contributed by atoms with Crippen molar-refractivity contribution in [2.75, 3.05) is 6.54 Å². The molecule has 0 amide bonds. The highest BCUT2D eigenvalue weighted by atomic mass is 19.1. The van der Waals surface area contributed by atoms with E-state index in [2.05, 4.69) is 23.5 Å². The summed E-state index contributed by atoms with van der Waals surface area (Å²) in [5.74, 6) is -0.146. The molecule has 2 aromatic carbocycles. The standard InChI is InChI=1S/C17H16FN/c1-12-7-8-16(18)15(9-12)14-10-17(19-11-14)13-5-3-2-4-6-13/h2-10,17,19H,11H2,1H3/t17-/m0/s1. The Bertz CT molecular complexity index is 616. The zero-order valence-corrected chi connectivity index (χ0v) is 10.9. The summed E-state index contributed by atoms with van der Waals surface area (Å²) in [4.78, 5) is 0. The molecule has 96 valence electrons. The third-order valence-electron chi connectivity index (χ3n) is 3.51. The van der Waals surface area contributed by atoms with Crippen LogP contribution in [0.3, 0.4) is 0 Å². The summed E-state index contributed by atoms with van der Waals surface area (Å²) >= 11 is 0. The highest BCUT2D eigenvalue weighted by Crippen LogP contribution is 2.28. The van der Waals surface area contributed by atoms with Gasteiger partial charge in [0.2, 0.25) is 0 Å². The second kappa shape index (κ2) is 4.98. The van der Waals surface area contributed by atoms with Gasteiger partial charge in [-0.15, -0.1) is 0 Å². The first-order valence-electron chi connectivity index (χ1n) is 6.49. The largest absolute Gasteiger partial charge is 0.303 e. The highest BCUT2D eigenvalue weighted by molar-refractivity contribution is 5.71. The first-order chi connectivity index (χ1) is 9.24. The van der Waals surface area contributed by atoms with E-state index in [4.69, 9.17) is 0 Å². The molecule has 3 rings (SSSR count). The summed E-state index contributed by atoms with van der Waals surface area (Å²) < 4.78 is 13.9. The number of aryl methyl sites for hydroxylation is 1. The summed E-state index contributed by atoms with van der Waals surface area (Å²) in [6.07, 6.45) is 2.12. The second-order valence-corrected chi connectivity index (χ2v) is 4.94. The Morgan fingerprint density at radius 2 is 1.89 bits per heavy atom. The van der Waals surface area contributed by atoms with Gasteiger partial charge in [-0.05, 0) is 30.2 Å². The predicted molar refractivity (Wildman–Crippen MR) is 76.3 cm³/mol. The molecule has 0 aliphatic carbocycles. The molecule has 1 aliphatic rings. The van der Waals surface area contributed by atoms with Crippen molar-refractivity contribution >= 4 is 5.57 Å². The fourth-order valence-corrected chi connectivity index (χ4v) is 2.48. The van der Waals surface area contributed by atoms with Crippen molar-refractivity contribution in [3.63, 3.8) is 0 Å². The van der Waals surface area contributed by atoms with Crippen LogP contribution >= 0.6 is 0 Å². The minimum atomic E-state index is -0.146. The SMILES string of the molecule is Cc1ccc(F)c(C2=C[C@@H](c3ccccc3)NC2)c1. The minimum Gasteiger partial charge on any atom is -0.303 e. The molecule has 19 heavy (non-hydrogen) atoms. The van der Waals surface area contributed by atoms with E-state index >= 15 is 0 Å². The maximum Gasteiger partial charge on any atom is 0.130 e. The first kappa shape index (κ1) is 12.1. The molecule has 1 nitrogen and oxygen atoms in total. The maximum absolute atomic E-state index is 13.9. The van der Waals surface area contributed by atoms with Crippen molar-refractivity contribution in [2.45, 2.75) is 13.0 Å². The highest BCUT2D eigenvalue weighted by Gasteiger charge is 2.19. The van der Waals surface area contributed by atoms with Crippen molar-refractivity contribution in [2.24, 2.45) is 0 Å². The van der Waals surface area contributed by atoms with Crippen LogP contribution in [0.1, 0.15) is 22.7 Å². The van der Waals surface area contributed by atoms with Crippen molar-refractivity contribution in [3.8, 4) is 0 Å². The third kappa shape index (κ3) is 2.45. The zero-order valence-electron chi connectivity index (χ0n) is 10.9. The van der Waals surface area contributed by atoms with E-state index in [-0.39, 0.29) is 11.9 Å². The van der Waals surface area contributed by atoms with Crippen molar-refractivity contribution in [3.05, 3.63) is 77.1 Å². The average Bonchev–Trinajstić information content (AvgIpc) is 2.92. The van der Waals surface area contributed by atoms with Crippen LogP contribution in [-0.4, -0.2) is 6.54 Å². The lowest BCUT2D eigenvalue weighted by Gasteiger charge is -2.07. The number of rotatable bonds is 2. The lowest BCUT2D eigenvalue weighted by atomic mass is 10.0. The summed E-state index contributed by atoms with van der Waals surface area (Å²) in [5.41, 5.74) is 4.05. The van der Waals surface area contributed by atoms with E-state index in [0.29, 0.717) is 12.1 Å². The quantitative estimate of drug-likeness (QED) is 0.857. The van der Waals surface area contributed by atoms with Crippen molar-refractivity contribution < 1.29 is 4.39 Å². The van der Waals surface area contributed by atoms with E-state index in [0.717, 1.165) is 11.1 Å². The number of benzene rings is 2. The molecule has 0 saturated heterocycles. The van der Waals surface area contributed by atoms with Gasteiger partial charge in [-0.1, -0.05) is 48.0 Å². The Balaban J connectivity index is 1.93. The summed E-state index contributed by atoms with van der Waals surface area (Å²) in [6.45, 7) is 2.69. The summed E-state index contributed by atoms with van der Waals surface area (Å²) in [6, 6.07) is 15.7. The molecule has 0 fully saturated rings. The molecule has 0 bridgehead atoms. The molecule has 1 aliphatic heterocycles. The Hall–Kier alpha value is -1.93. The summed E-state index contributed by atoms with van der Waals surface area (Å²) in [7, 11) is 0. The Labute approximate surface area is 112 Å². The van der Waals surface area contributed by atoms with Crippen LogP contribution in [0.2, 0.25) is 0 Å². The average molecular weight is 253 g/mol. The van der Waals surface area contributed by atoms with E-state index in [9.17, 15) is 4.39 Å². The van der Waals surface area contributed by atoms with Gasteiger partial charge in [0.25, 0.3) is 0 Å². The number of hydrogen-bond acceptors (Lipinski definition) is 1. The Morgan fingerprint density at radius 1 is 1.11 bits per heavy atom. The van der Waals surface area contributed by atoms with Gasteiger partial charge < -0.3 is 5.32 Å². The topological polar surface area (TPSA) is 12.0 Å². The van der Waals surface area contributed by atoms with Crippen LogP contribution in [0.5, 0.6) is 0 Å². The third-order valence-corrected chi connectivity index (χ3v) is 3.51. The molecule has 2 aromatic rings. The number of halogens is 1. The van der Waals surface area contributed by atoms with Gasteiger partial charge in [-0.2, -0.15) is 0 Å². The first-order valence-corrected chi connectivity index (χ1v) is 6.49. The molecular weight excluding hydrogens is 237 g/mol. The normalized spacial score (nSPS) is 18.4. The molecule has 2 heteroatoms. The van der Waals surface area contributed by atoms with Gasteiger partial charge in [0.05, 0.1) is 6.04 Å². The van der Waals surface area contributed by atoms with Crippen LogP contribution in [0.25, 0.3) is 5.57 Å². The van der Waals surface area contributed by atoms with Crippen molar-refractivity contribution in [1.82, 2.24) is 5.32 Å². The fraction of sp³-hybridized carbons (Fsp3) is 0.176. The molecular formula is C17H16FN. The minimum absolute atomic E-state index is 0.146. The van der Waals surface area contributed by atoms with Crippen LogP contribution < -0.4 is 5.32 Å². The Morgan fingerprint density at radius 3 is 2.68 bits per heavy atom. The zero-order chi connectivity index (χ0) is 13.2. The molecule has 1 N–H and O–H groups in total. The lowest BCUT2D eigenvalue weighted by Crippen LogP contribution is -2.14. The van der Waals surface area contributed by atoms with Gasteiger partial charge in [0, 0.05) is 12.1 Å². The number of hydrogen-bond donors (Lipinski definition) is 1. The molecule has 1 atom stereocenters. The van der Waals surface area contributed by atoms with Crippen LogP contribution in [0.15, 0.2) is 54.6 Å². The van der Waals surface area contributed by atoms with Crippen LogP contribution in [0, 0.1) is 12.7 Å². The van der Waals surface area contributed by atoms with Crippen molar-refractivity contribution in [1.29, 1.82) is 0 Å². The Kier molecular flexibility index (Phi) is 3.18. The molecule has 1 heterocycles.